The number of fused-ring (bicyclic) bond motifs is 2. The van der Waals surface area contributed by atoms with E-state index in [4.69, 9.17) is 23.0 Å². The zero-order chi connectivity index (χ0) is 31.5. The van der Waals surface area contributed by atoms with Crippen LogP contribution in [0.15, 0.2) is 97.3 Å². The van der Waals surface area contributed by atoms with Gasteiger partial charge in [0.2, 0.25) is 5.75 Å². The number of hydrogen-bond acceptors (Lipinski definition) is 11. The first-order valence-corrected chi connectivity index (χ1v) is 13.0. The smallest absolute Gasteiger partial charge is 0.203 e. The third-order valence-electron chi connectivity index (χ3n) is 6.66. The van der Waals surface area contributed by atoms with E-state index in [1.807, 2.05) is 30.3 Å². The first-order valence-electron chi connectivity index (χ1n) is 13.0. The van der Waals surface area contributed by atoms with Crippen molar-refractivity contribution in [3.8, 4) is 62.9 Å². The lowest BCUT2D eigenvalue weighted by molar-refractivity contribution is 0.324. The molecule has 2 aromatic heterocycles. The Kier molecular flexibility index (Phi) is 8.03. The van der Waals surface area contributed by atoms with Gasteiger partial charge in [-0.25, -0.2) is 0 Å². The molecule has 0 fully saturated rings. The monoisotopic (exact) mass is 598 g/mol. The van der Waals surface area contributed by atoms with E-state index in [0.29, 0.717) is 28.6 Å². The van der Waals surface area contributed by atoms with Gasteiger partial charge >= 0.3 is 0 Å². The van der Waals surface area contributed by atoms with E-state index in [0.717, 1.165) is 11.6 Å². The summed E-state index contributed by atoms with van der Waals surface area (Å²) in [4.78, 5) is 24.3. The largest absolute Gasteiger partial charge is 0.504 e. The predicted octanol–water partition coefficient (Wildman–Crippen LogP) is 5.77. The summed E-state index contributed by atoms with van der Waals surface area (Å²) in [5, 5.41) is 38.4. The summed E-state index contributed by atoms with van der Waals surface area (Å²) in [7, 11) is 4.46. The van der Waals surface area contributed by atoms with Crippen LogP contribution in [0.1, 0.15) is 0 Å². The van der Waals surface area contributed by atoms with Crippen molar-refractivity contribution >= 4 is 21.9 Å². The number of rotatable bonds is 5. The Morgan fingerprint density at radius 3 is 1.39 bits per heavy atom. The number of hydrogen-bond donors (Lipinski definition) is 4. The van der Waals surface area contributed by atoms with Gasteiger partial charge < -0.3 is 43.5 Å². The minimum atomic E-state index is -0.389. The maximum absolute atomic E-state index is 12.3. The van der Waals surface area contributed by atoms with Crippen molar-refractivity contribution in [2.24, 2.45) is 0 Å². The second-order valence-electron chi connectivity index (χ2n) is 9.40. The number of ether oxygens (including phenoxy) is 3. The van der Waals surface area contributed by atoms with Gasteiger partial charge in [0.15, 0.2) is 45.4 Å². The second-order valence-corrected chi connectivity index (χ2v) is 9.40. The van der Waals surface area contributed by atoms with Crippen LogP contribution in [-0.2, 0) is 0 Å². The number of methoxy groups -OCH3 is 3. The summed E-state index contributed by atoms with van der Waals surface area (Å²) in [6, 6.07) is 19.9. The normalized spacial score (nSPS) is 10.7. The minimum Gasteiger partial charge on any atom is -0.504 e. The van der Waals surface area contributed by atoms with Crippen molar-refractivity contribution in [1.29, 1.82) is 0 Å². The first-order chi connectivity index (χ1) is 21.1. The molecule has 0 saturated heterocycles. The Bertz CT molecular complexity index is 2090. The van der Waals surface area contributed by atoms with Crippen LogP contribution < -0.4 is 25.1 Å². The highest BCUT2D eigenvalue weighted by Crippen LogP contribution is 2.41. The molecule has 0 radical (unpaired) electrons. The van der Waals surface area contributed by atoms with Gasteiger partial charge in [-0.05, 0) is 24.3 Å². The molecule has 11 heteroatoms. The number of phenolic OH excluding ortho intramolecular Hbond substituents is 4. The average molecular weight is 599 g/mol. The minimum absolute atomic E-state index is 0.145. The molecule has 44 heavy (non-hydrogen) atoms. The zero-order valence-corrected chi connectivity index (χ0v) is 23.7. The van der Waals surface area contributed by atoms with Gasteiger partial charge in [0.05, 0.1) is 32.1 Å². The fourth-order valence-electron chi connectivity index (χ4n) is 4.47. The predicted molar refractivity (Wildman–Crippen MR) is 162 cm³/mol. The maximum atomic E-state index is 12.3. The maximum Gasteiger partial charge on any atom is 0.203 e. The molecular formula is C33H26O11. The van der Waals surface area contributed by atoms with Gasteiger partial charge in [-0.15, -0.1) is 0 Å². The van der Waals surface area contributed by atoms with Crippen molar-refractivity contribution in [2.75, 3.05) is 21.3 Å². The molecule has 2 heterocycles. The Morgan fingerprint density at radius 2 is 0.955 bits per heavy atom. The summed E-state index contributed by atoms with van der Waals surface area (Å²) in [5.74, 6) is 0.483. The van der Waals surface area contributed by atoms with E-state index < -0.39 is 0 Å². The van der Waals surface area contributed by atoms with Crippen LogP contribution >= 0.6 is 0 Å². The van der Waals surface area contributed by atoms with Gasteiger partial charge in [-0.2, -0.15) is 0 Å². The number of benzene rings is 4. The van der Waals surface area contributed by atoms with Gasteiger partial charge in [-0.1, -0.05) is 30.3 Å². The topological polar surface area (TPSA) is 169 Å². The lowest BCUT2D eigenvalue weighted by atomic mass is 10.1. The van der Waals surface area contributed by atoms with Crippen molar-refractivity contribution in [3.05, 3.63) is 99.3 Å². The van der Waals surface area contributed by atoms with Crippen LogP contribution in [0.25, 0.3) is 44.6 Å². The van der Waals surface area contributed by atoms with Gasteiger partial charge in [0, 0.05) is 35.4 Å². The van der Waals surface area contributed by atoms with Crippen molar-refractivity contribution in [1.82, 2.24) is 0 Å². The SMILES string of the molecule is COc1cc(-c2cc(=O)c3cc(O)c(O)cc3o2)cc(OC)c1OC.O=c1cc(-c2ccccc2)oc2cc(O)c(O)cc12. The quantitative estimate of drug-likeness (QED) is 0.178. The molecule has 0 atom stereocenters. The molecule has 0 bridgehead atoms. The van der Waals surface area contributed by atoms with Crippen LogP contribution in [-0.4, -0.2) is 41.8 Å². The Hall–Kier alpha value is -6.10. The highest BCUT2D eigenvalue weighted by atomic mass is 16.5. The van der Waals surface area contributed by atoms with Crippen LogP contribution in [0, 0.1) is 0 Å². The Balaban J connectivity index is 0.000000181. The van der Waals surface area contributed by atoms with E-state index >= 15 is 0 Å². The highest BCUT2D eigenvalue weighted by Gasteiger charge is 2.17. The first kappa shape index (κ1) is 29.4. The fraction of sp³-hybridized carbons (Fsp3) is 0.0909. The molecule has 11 nitrogen and oxygen atoms in total. The van der Waals surface area contributed by atoms with Gasteiger partial charge in [-0.3, -0.25) is 9.59 Å². The molecule has 0 aliphatic rings. The van der Waals surface area contributed by atoms with Crippen LogP contribution in [0.5, 0.6) is 40.2 Å². The summed E-state index contributed by atoms with van der Waals surface area (Å²) in [6.45, 7) is 0. The van der Waals surface area contributed by atoms with Gasteiger partial charge in [0.25, 0.3) is 0 Å². The van der Waals surface area contributed by atoms with Crippen LogP contribution in [0.4, 0.5) is 0 Å². The molecule has 4 aromatic carbocycles. The number of aromatic hydroxyl groups is 4. The summed E-state index contributed by atoms with van der Waals surface area (Å²) in [6.07, 6.45) is 0. The molecule has 224 valence electrons. The average Bonchev–Trinajstić information content (AvgIpc) is 3.02. The standard InChI is InChI=1S/C18H16O7.C15H10O4/c1-22-16-4-9(5-17(23-2)18(16)24-3)14-7-11(19)10-6-12(20)13(21)8-15(10)25-14;16-11-7-14(9-4-2-1-3-5-9)19-15-8-13(18)12(17)6-10(11)15/h4-8,20-21H,1-3H3;1-8,17-18H. The van der Waals surface area contributed by atoms with Crippen molar-refractivity contribution in [3.63, 3.8) is 0 Å². The molecule has 6 rings (SSSR count). The van der Waals surface area contributed by atoms with E-state index in [9.17, 15) is 30.0 Å². The Labute approximate surface area is 249 Å². The summed E-state index contributed by atoms with van der Waals surface area (Å²) >= 11 is 0. The van der Waals surface area contributed by atoms with Crippen molar-refractivity contribution < 1.29 is 43.5 Å². The summed E-state index contributed by atoms with van der Waals surface area (Å²) in [5.41, 5.74) is 1.05. The lowest BCUT2D eigenvalue weighted by Gasteiger charge is -2.14. The molecule has 0 saturated carbocycles. The summed E-state index contributed by atoms with van der Waals surface area (Å²) < 4.78 is 27.2. The fourth-order valence-corrected chi connectivity index (χ4v) is 4.47. The molecule has 6 aromatic rings. The Morgan fingerprint density at radius 1 is 0.523 bits per heavy atom. The van der Waals surface area contributed by atoms with Crippen LogP contribution in [0.3, 0.4) is 0 Å². The molecule has 0 aliphatic carbocycles. The third kappa shape index (κ3) is 5.66. The number of phenols is 4. The molecule has 0 aliphatic heterocycles. The van der Waals surface area contributed by atoms with E-state index in [-0.39, 0.29) is 61.6 Å². The van der Waals surface area contributed by atoms with Gasteiger partial charge in [0.1, 0.15) is 22.7 Å². The molecule has 0 spiro atoms. The van der Waals surface area contributed by atoms with Crippen molar-refractivity contribution in [2.45, 2.75) is 0 Å². The van der Waals surface area contributed by atoms with Crippen LogP contribution in [0.2, 0.25) is 0 Å². The van der Waals surface area contributed by atoms with E-state index in [1.165, 1.54) is 51.7 Å². The van der Waals surface area contributed by atoms with E-state index in [1.54, 1.807) is 12.1 Å². The lowest BCUT2D eigenvalue weighted by Crippen LogP contribution is -2.01. The zero-order valence-electron chi connectivity index (χ0n) is 23.7. The third-order valence-corrected chi connectivity index (χ3v) is 6.66. The highest BCUT2D eigenvalue weighted by molar-refractivity contribution is 5.83. The molecule has 4 N–H and O–H groups in total. The second kappa shape index (κ2) is 12.0. The molecule has 0 amide bonds. The van der Waals surface area contributed by atoms with E-state index in [2.05, 4.69) is 0 Å². The molecule has 0 unspecified atom stereocenters. The molecular weight excluding hydrogens is 572 g/mol.